The van der Waals surface area contributed by atoms with Crippen molar-refractivity contribution in [1.82, 2.24) is 4.90 Å². The first-order chi connectivity index (χ1) is 9.60. The summed E-state index contributed by atoms with van der Waals surface area (Å²) in [5, 5.41) is 0. The van der Waals surface area contributed by atoms with Gasteiger partial charge in [-0.2, -0.15) is 0 Å². The number of anilines is 1. The first kappa shape index (κ1) is 14.3. The number of benzene rings is 2. The highest BCUT2D eigenvalue weighted by Crippen LogP contribution is 2.18. The van der Waals surface area contributed by atoms with Crippen LogP contribution in [0.5, 0.6) is 5.75 Å². The van der Waals surface area contributed by atoms with E-state index in [0.29, 0.717) is 18.7 Å². The second kappa shape index (κ2) is 6.39. The Morgan fingerprint density at radius 1 is 1.15 bits per heavy atom. The van der Waals surface area contributed by atoms with Crippen LogP contribution in [0.15, 0.2) is 42.5 Å². The van der Waals surface area contributed by atoms with Crippen molar-refractivity contribution in [3.63, 3.8) is 0 Å². The number of ether oxygens (including phenoxy) is 1. The lowest BCUT2D eigenvalue weighted by molar-refractivity contribution is 0.313. The quantitative estimate of drug-likeness (QED) is 0.852. The van der Waals surface area contributed by atoms with Gasteiger partial charge in [0.15, 0.2) is 5.82 Å². The molecule has 3 nitrogen and oxygen atoms in total. The molecule has 0 aliphatic heterocycles. The van der Waals surface area contributed by atoms with Crippen LogP contribution in [0.25, 0.3) is 0 Å². The Morgan fingerprint density at radius 3 is 2.65 bits per heavy atom. The van der Waals surface area contributed by atoms with E-state index < -0.39 is 0 Å². The molecule has 0 bridgehead atoms. The molecule has 0 heterocycles. The maximum atomic E-state index is 13.8. The van der Waals surface area contributed by atoms with Crippen molar-refractivity contribution in [2.45, 2.75) is 13.1 Å². The highest BCUT2D eigenvalue weighted by atomic mass is 19.1. The van der Waals surface area contributed by atoms with Crippen molar-refractivity contribution in [2.24, 2.45) is 0 Å². The molecule has 2 rings (SSSR count). The minimum atomic E-state index is -0.329. The van der Waals surface area contributed by atoms with Gasteiger partial charge in [-0.3, -0.25) is 4.90 Å². The van der Waals surface area contributed by atoms with E-state index in [1.54, 1.807) is 25.3 Å². The fourth-order valence-corrected chi connectivity index (χ4v) is 2.15. The van der Waals surface area contributed by atoms with Gasteiger partial charge in [-0.15, -0.1) is 0 Å². The Morgan fingerprint density at radius 2 is 1.90 bits per heavy atom. The monoisotopic (exact) mass is 274 g/mol. The average molecular weight is 274 g/mol. The van der Waals surface area contributed by atoms with Gasteiger partial charge in [0.1, 0.15) is 5.75 Å². The molecular weight excluding hydrogens is 255 g/mol. The summed E-state index contributed by atoms with van der Waals surface area (Å²) in [6, 6.07) is 13.0. The van der Waals surface area contributed by atoms with Crippen LogP contribution in [0.4, 0.5) is 10.1 Å². The third-order valence-electron chi connectivity index (χ3n) is 3.14. The van der Waals surface area contributed by atoms with Crippen LogP contribution in [-0.4, -0.2) is 19.1 Å². The topological polar surface area (TPSA) is 38.5 Å². The second-order valence-corrected chi connectivity index (χ2v) is 4.84. The van der Waals surface area contributed by atoms with Gasteiger partial charge >= 0.3 is 0 Å². The summed E-state index contributed by atoms with van der Waals surface area (Å²) < 4.78 is 19.0. The number of nitrogens with zero attached hydrogens (tertiary/aromatic N) is 1. The van der Waals surface area contributed by atoms with Crippen molar-refractivity contribution in [2.75, 3.05) is 19.9 Å². The van der Waals surface area contributed by atoms with Crippen LogP contribution in [0, 0.1) is 5.82 Å². The Bertz CT molecular complexity index is 586. The Labute approximate surface area is 118 Å². The lowest BCUT2D eigenvalue weighted by atomic mass is 10.1. The molecule has 0 saturated carbocycles. The predicted molar refractivity (Wildman–Crippen MR) is 79.0 cm³/mol. The van der Waals surface area contributed by atoms with Gasteiger partial charge in [0, 0.05) is 18.7 Å². The fourth-order valence-electron chi connectivity index (χ4n) is 2.15. The molecule has 0 aromatic heterocycles. The van der Waals surface area contributed by atoms with Crippen LogP contribution in [0.2, 0.25) is 0 Å². The molecule has 0 atom stereocenters. The van der Waals surface area contributed by atoms with Crippen molar-refractivity contribution >= 4 is 5.69 Å². The third-order valence-corrected chi connectivity index (χ3v) is 3.14. The van der Waals surface area contributed by atoms with Crippen molar-refractivity contribution in [3.8, 4) is 5.75 Å². The molecule has 0 amide bonds. The molecule has 106 valence electrons. The maximum Gasteiger partial charge on any atom is 0.150 e. The number of methoxy groups -OCH3 is 1. The number of hydrogen-bond donors (Lipinski definition) is 1. The predicted octanol–water partition coefficient (Wildman–Crippen LogP) is 3.05. The van der Waals surface area contributed by atoms with Crippen molar-refractivity contribution in [1.29, 1.82) is 0 Å². The zero-order valence-electron chi connectivity index (χ0n) is 11.8. The van der Waals surface area contributed by atoms with Gasteiger partial charge in [-0.25, -0.2) is 4.39 Å². The molecule has 0 unspecified atom stereocenters. The summed E-state index contributed by atoms with van der Waals surface area (Å²) in [6.45, 7) is 1.22. The van der Waals surface area contributed by atoms with Gasteiger partial charge in [-0.1, -0.05) is 24.3 Å². The van der Waals surface area contributed by atoms with E-state index in [1.165, 1.54) is 0 Å². The molecule has 20 heavy (non-hydrogen) atoms. The van der Waals surface area contributed by atoms with Crippen molar-refractivity contribution in [3.05, 3.63) is 59.4 Å². The number of nitrogens with two attached hydrogens (primary N) is 1. The largest absolute Gasteiger partial charge is 0.497 e. The summed E-state index contributed by atoms with van der Waals surface area (Å²) in [5.41, 5.74) is 7.50. The maximum absolute atomic E-state index is 13.8. The lowest BCUT2D eigenvalue weighted by Gasteiger charge is -2.18. The zero-order chi connectivity index (χ0) is 14.5. The third kappa shape index (κ3) is 3.48. The SMILES string of the molecule is COc1cccc(CN(C)Cc2cccc(N)c2F)c1. The smallest absolute Gasteiger partial charge is 0.150 e. The summed E-state index contributed by atoms with van der Waals surface area (Å²) in [7, 11) is 3.59. The molecule has 2 aromatic rings. The summed E-state index contributed by atoms with van der Waals surface area (Å²) >= 11 is 0. The molecule has 0 saturated heterocycles. The molecule has 2 N–H and O–H groups in total. The minimum absolute atomic E-state index is 0.192. The van der Waals surface area contributed by atoms with E-state index in [1.807, 2.05) is 36.2 Å². The first-order valence-electron chi connectivity index (χ1n) is 6.44. The van der Waals surface area contributed by atoms with E-state index >= 15 is 0 Å². The van der Waals surface area contributed by atoms with Gasteiger partial charge in [-0.05, 0) is 30.8 Å². The number of rotatable bonds is 5. The van der Waals surface area contributed by atoms with Gasteiger partial charge in [0.25, 0.3) is 0 Å². The van der Waals surface area contributed by atoms with E-state index in [9.17, 15) is 4.39 Å². The first-order valence-corrected chi connectivity index (χ1v) is 6.44. The molecule has 0 aliphatic carbocycles. The van der Waals surface area contributed by atoms with Crippen LogP contribution in [0.1, 0.15) is 11.1 Å². The minimum Gasteiger partial charge on any atom is -0.497 e. The highest BCUT2D eigenvalue weighted by Gasteiger charge is 2.08. The normalized spacial score (nSPS) is 10.8. The number of nitrogen functional groups attached to an aromatic ring is 1. The lowest BCUT2D eigenvalue weighted by Crippen LogP contribution is -2.18. The second-order valence-electron chi connectivity index (χ2n) is 4.84. The molecule has 2 aromatic carbocycles. The molecule has 0 fully saturated rings. The van der Waals surface area contributed by atoms with Crippen molar-refractivity contribution < 1.29 is 9.13 Å². The fraction of sp³-hybridized carbons (Fsp3) is 0.250. The van der Waals surface area contributed by atoms with Crippen LogP contribution >= 0.6 is 0 Å². The van der Waals surface area contributed by atoms with E-state index in [-0.39, 0.29) is 11.5 Å². The average Bonchev–Trinajstić information content (AvgIpc) is 2.44. The van der Waals surface area contributed by atoms with E-state index in [0.717, 1.165) is 11.3 Å². The zero-order valence-corrected chi connectivity index (χ0v) is 11.8. The number of halogens is 1. The Hall–Kier alpha value is -2.07. The highest BCUT2D eigenvalue weighted by molar-refractivity contribution is 5.42. The summed E-state index contributed by atoms with van der Waals surface area (Å²) in [5.74, 6) is 0.496. The van der Waals surface area contributed by atoms with Gasteiger partial charge in [0.2, 0.25) is 0 Å². The molecular formula is C16H19FN2O. The molecule has 0 aliphatic rings. The standard InChI is InChI=1S/C16H19FN2O/c1-19(10-12-5-3-7-14(9-12)20-2)11-13-6-4-8-15(18)16(13)17/h3-9H,10-11,18H2,1-2H3. The van der Waals surface area contributed by atoms with Gasteiger partial charge < -0.3 is 10.5 Å². The molecule has 0 radical (unpaired) electrons. The van der Waals surface area contributed by atoms with Gasteiger partial charge in [0.05, 0.1) is 12.8 Å². The van der Waals surface area contributed by atoms with Crippen LogP contribution in [-0.2, 0) is 13.1 Å². The van der Waals surface area contributed by atoms with E-state index in [4.69, 9.17) is 10.5 Å². The van der Waals surface area contributed by atoms with Crippen LogP contribution < -0.4 is 10.5 Å². The Kier molecular flexibility index (Phi) is 4.58. The molecule has 4 heteroatoms. The van der Waals surface area contributed by atoms with Crippen LogP contribution in [0.3, 0.4) is 0 Å². The Balaban J connectivity index is 2.05. The summed E-state index contributed by atoms with van der Waals surface area (Å²) in [4.78, 5) is 2.03. The number of hydrogen-bond acceptors (Lipinski definition) is 3. The molecule has 0 spiro atoms. The van der Waals surface area contributed by atoms with E-state index in [2.05, 4.69) is 0 Å². The summed E-state index contributed by atoms with van der Waals surface area (Å²) in [6.07, 6.45) is 0.